The molecule has 9 heteroatoms. The van der Waals surface area contributed by atoms with E-state index in [0.29, 0.717) is 18.0 Å². The molecule has 1 heterocycles. The van der Waals surface area contributed by atoms with Gasteiger partial charge in [0, 0.05) is 20.6 Å². The van der Waals surface area contributed by atoms with Gasteiger partial charge in [-0.1, -0.05) is 6.92 Å². The third-order valence-electron chi connectivity index (χ3n) is 2.94. The lowest BCUT2D eigenvalue weighted by atomic mass is 10.4. The van der Waals surface area contributed by atoms with Crippen LogP contribution in [0.15, 0.2) is 4.90 Å². The molecule has 0 spiro atoms. The molecule has 1 rings (SSSR count). The lowest BCUT2D eigenvalue weighted by Crippen LogP contribution is -2.36. The third-order valence-corrected chi connectivity index (χ3v) is 5.96. The third kappa shape index (κ3) is 4.07. The average Bonchev–Trinajstić information content (AvgIpc) is 2.78. The summed E-state index contributed by atoms with van der Waals surface area (Å²) in [7, 11) is -0.166. The van der Waals surface area contributed by atoms with Crippen LogP contribution in [0.3, 0.4) is 0 Å². The van der Waals surface area contributed by atoms with Crippen LogP contribution in [-0.2, 0) is 14.6 Å². The van der Waals surface area contributed by atoms with Crippen LogP contribution in [0.1, 0.15) is 20.3 Å². The van der Waals surface area contributed by atoms with Crippen LogP contribution in [0.5, 0.6) is 0 Å². The van der Waals surface area contributed by atoms with Gasteiger partial charge < -0.3 is 15.5 Å². The molecule has 0 aromatic carbocycles. The number of nitrogens with two attached hydrogens (primary N) is 1. The predicted molar refractivity (Wildman–Crippen MR) is 85.5 cm³/mol. The SMILES string of the molecule is CCCS(=O)(=O)c1c(N)nsc1N(CC)CC(=O)N(C)C. The molecule has 0 unspecified atom stereocenters. The maximum Gasteiger partial charge on any atom is 0.241 e. The molecule has 0 radical (unpaired) electrons. The molecule has 2 N–H and O–H groups in total. The number of amides is 1. The normalized spacial score (nSPS) is 11.4. The van der Waals surface area contributed by atoms with Crippen LogP contribution in [0.2, 0.25) is 0 Å². The summed E-state index contributed by atoms with van der Waals surface area (Å²) in [5.74, 6) is -0.0798. The minimum absolute atomic E-state index is 0.0132. The van der Waals surface area contributed by atoms with Crippen molar-refractivity contribution in [3.8, 4) is 0 Å². The van der Waals surface area contributed by atoms with E-state index in [1.54, 1.807) is 25.9 Å². The van der Waals surface area contributed by atoms with Crippen LogP contribution < -0.4 is 10.6 Å². The average molecular weight is 334 g/mol. The first-order chi connectivity index (χ1) is 9.74. The van der Waals surface area contributed by atoms with Gasteiger partial charge in [-0.2, -0.15) is 4.37 Å². The van der Waals surface area contributed by atoms with E-state index in [4.69, 9.17) is 5.73 Å². The lowest BCUT2D eigenvalue weighted by Gasteiger charge is -2.23. The molecule has 1 aromatic heterocycles. The van der Waals surface area contributed by atoms with Gasteiger partial charge in [-0.3, -0.25) is 4.79 Å². The van der Waals surface area contributed by atoms with Gasteiger partial charge in [-0.25, -0.2) is 8.42 Å². The second-order valence-corrected chi connectivity index (χ2v) is 7.62. The maximum atomic E-state index is 12.3. The molecule has 1 aromatic rings. The molecular weight excluding hydrogens is 312 g/mol. The number of carbonyl (C=O) groups excluding carboxylic acids is 1. The molecule has 21 heavy (non-hydrogen) atoms. The molecule has 120 valence electrons. The maximum absolute atomic E-state index is 12.3. The Morgan fingerprint density at radius 1 is 1.33 bits per heavy atom. The Balaban J connectivity index is 3.21. The van der Waals surface area contributed by atoms with E-state index in [2.05, 4.69) is 4.37 Å². The molecule has 0 saturated carbocycles. The molecule has 0 aliphatic heterocycles. The fourth-order valence-corrected chi connectivity index (χ4v) is 4.61. The van der Waals surface area contributed by atoms with Gasteiger partial charge in [0.15, 0.2) is 15.7 Å². The van der Waals surface area contributed by atoms with E-state index in [0.717, 1.165) is 11.5 Å². The highest BCUT2D eigenvalue weighted by Crippen LogP contribution is 2.35. The Morgan fingerprint density at radius 3 is 2.43 bits per heavy atom. The van der Waals surface area contributed by atoms with Gasteiger partial charge in [0.25, 0.3) is 0 Å². The molecule has 0 bridgehead atoms. The lowest BCUT2D eigenvalue weighted by molar-refractivity contribution is -0.127. The molecule has 0 aliphatic rings. The monoisotopic (exact) mass is 334 g/mol. The summed E-state index contributed by atoms with van der Waals surface area (Å²) in [6.45, 7) is 4.24. The van der Waals surface area contributed by atoms with Crippen LogP contribution >= 0.6 is 11.5 Å². The van der Waals surface area contributed by atoms with Gasteiger partial charge in [0.2, 0.25) is 5.91 Å². The Hall–Kier alpha value is -1.35. The van der Waals surface area contributed by atoms with Crippen molar-refractivity contribution >= 4 is 38.1 Å². The van der Waals surface area contributed by atoms with Crippen molar-refractivity contribution in [1.29, 1.82) is 0 Å². The summed E-state index contributed by atoms with van der Waals surface area (Å²) in [6.07, 6.45) is 0.500. The van der Waals surface area contributed by atoms with Crippen LogP contribution in [0.4, 0.5) is 10.8 Å². The number of aromatic nitrogens is 1. The van der Waals surface area contributed by atoms with E-state index < -0.39 is 9.84 Å². The van der Waals surface area contributed by atoms with E-state index in [1.165, 1.54) is 4.90 Å². The Morgan fingerprint density at radius 2 is 1.95 bits per heavy atom. The molecule has 0 fully saturated rings. The number of carbonyl (C=O) groups is 1. The first-order valence-corrected chi connectivity index (χ1v) is 9.10. The number of rotatable bonds is 7. The molecule has 0 saturated heterocycles. The fourth-order valence-electron chi connectivity index (χ4n) is 1.78. The number of anilines is 2. The van der Waals surface area contributed by atoms with Crippen molar-refractivity contribution in [2.45, 2.75) is 25.2 Å². The number of hydrogen-bond donors (Lipinski definition) is 1. The summed E-state index contributed by atoms with van der Waals surface area (Å²) in [5, 5.41) is 0.443. The van der Waals surface area contributed by atoms with Gasteiger partial charge >= 0.3 is 0 Å². The first kappa shape index (κ1) is 17.7. The second kappa shape index (κ2) is 7.08. The number of hydrogen-bond acceptors (Lipinski definition) is 7. The van der Waals surface area contributed by atoms with Gasteiger partial charge in [0.1, 0.15) is 9.90 Å². The molecular formula is C12H22N4O3S2. The van der Waals surface area contributed by atoms with Crippen LogP contribution in [0, 0.1) is 0 Å². The molecule has 0 atom stereocenters. The van der Waals surface area contributed by atoms with Crippen LogP contribution in [0.25, 0.3) is 0 Å². The summed E-state index contributed by atoms with van der Waals surface area (Å²) in [4.78, 5) is 15.1. The number of likely N-dealkylation sites (N-methyl/N-ethyl adjacent to an activating group) is 2. The zero-order valence-electron chi connectivity index (χ0n) is 12.8. The van der Waals surface area contributed by atoms with Gasteiger partial charge in [-0.15, -0.1) is 0 Å². The number of sulfone groups is 1. The molecule has 1 amide bonds. The van der Waals surface area contributed by atoms with Crippen molar-refractivity contribution in [3.63, 3.8) is 0 Å². The zero-order chi connectivity index (χ0) is 16.2. The predicted octanol–water partition coefficient (Wildman–Crippen LogP) is 0.824. The smallest absolute Gasteiger partial charge is 0.241 e. The van der Waals surface area contributed by atoms with Gasteiger partial charge in [-0.05, 0) is 24.9 Å². The zero-order valence-corrected chi connectivity index (χ0v) is 14.4. The fraction of sp³-hybridized carbons (Fsp3) is 0.667. The molecule has 0 aliphatic carbocycles. The quantitative estimate of drug-likeness (QED) is 0.793. The number of nitrogens with zero attached hydrogens (tertiary/aromatic N) is 3. The van der Waals surface area contributed by atoms with Crippen molar-refractivity contribution in [2.75, 3.05) is 43.6 Å². The largest absolute Gasteiger partial charge is 0.382 e. The topological polar surface area (TPSA) is 96.6 Å². The summed E-state index contributed by atoms with van der Waals surface area (Å²) in [6, 6.07) is 0. The summed E-state index contributed by atoms with van der Waals surface area (Å²) >= 11 is 1.02. The van der Waals surface area contributed by atoms with E-state index in [1.807, 2.05) is 6.92 Å². The second-order valence-electron chi connectivity index (χ2n) is 4.82. The highest BCUT2D eigenvalue weighted by atomic mass is 32.2. The number of nitrogen functional groups attached to an aromatic ring is 1. The Bertz CT molecular complexity index is 596. The standard InChI is InChI=1S/C12H22N4O3S2/c1-5-7-21(18,19)10-11(13)14-20-12(10)16(6-2)8-9(17)15(3)4/h5-8H2,1-4H3,(H2,13,14). The van der Waals surface area contributed by atoms with Gasteiger partial charge in [0.05, 0.1) is 12.3 Å². The van der Waals surface area contributed by atoms with E-state index >= 15 is 0 Å². The van der Waals surface area contributed by atoms with Crippen molar-refractivity contribution < 1.29 is 13.2 Å². The minimum Gasteiger partial charge on any atom is -0.382 e. The Kier molecular flexibility index (Phi) is 5.97. The summed E-state index contributed by atoms with van der Waals surface area (Å²) in [5.41, 5.74) is 5.74. The Labute approximate surface area is 129 Å². The summed E-state index contributed by atoms with van der Waals surface area (Å²) < 4.78 is 28.6. The van der Waals surface area contributed by atoms with E-state index in [-0.39, 0.29) is 28.9 Å². The minimum atomic E-state index is -3.48. The van der Waals surface area contributed by atoms with Crippen molar-refractivity contribution in [1.82, 2.24) is 9.27 Å². The first-order valence-electron chi connectivity index (χ1n) is 6.67. The molecule has 7 nitrogen and oxygen atoms in total. The van der Waals surface area contributed by atoms with E-state index in [9.17, 15) is 13.2 Å². The van der Waals surface area contributed by atoms with Crippen molar-refractivity contribution in [2.24, 2.45) is 0 Å². The highest BCUT2D eigenvalue weighted by Gasteiger charge is 2.28. The highest BCUT2D eigenvalue weighted by molar-refractivity contribution is 7.91. The van der Waals surface area contributed by atoms with Crippen LogP contribution in [-0.4, -0.2) is 56.5 Å². The van der Waals surface area contributed by atoms with Crippen molar-refractivity contribution in [3.05, 3.63) is 0 Å².